The summed E-state index contributed by atoms with van der Waals surface area (Å²) in [6.07, 6.45) is 6.61. The van der Waals surface area contributed by atoms with Crippen LogP contribution in [0.2, 0.25) is 5.02 Å². The van der Waals surface area contributed by atoms with Gasteiger partial charge < -0.3 is 19.9 Å². The number of rotatable bonds is 8. The van der Waals surface area contributed by atoms with Gasteiger partial charge in [-0.1, -0.05) is 29.8 Å². The summed E-state index contributed by atoms with van der Waals surface area (Å²) in [6.45, 7) is 3.84. The van der Waals surface area contributed by atoms with Gasteiger partial charge in [0.05, 0.1) is 12.2 Å². The molecule has 2 atom stereocenters. The second kappa shape index (κ2) is 8.31. The van der Waals surface area contributed by atoms with Crippen molar-refractivity contribution in [2.75, 3.05) is 6.61 Å². The maximum Gasteiger partial charge on any atom is 0.161 e. The Hall–Kier alpha value is -1.75. The van der Waals surface area contributed by atoms with Crippen LogP contribution >= 0.6 is 11.6 Å². The van der Waals surface area contributed by atoms with E-state index in [1.807, 2.05) is 37.3 Å². The average Bonchev–Trinajstić information content (AvgIpc) is 2.71. The Morgan fingerprint density at radius 2 is 1.68 bits per heavy atom. The van der Waals surface area contributed by atoms with Crippen molar-refractivity contribution in [2.45, 2.75) is 69.7 Å². The molecule has 0 heterocycles. The van der Waals surface area contributed by atoms with Gasteiger partial charge in [-0.05, 0) is 92.7 Å². The molecular formula is C26H32ClNO3. The highest BCUT2D eigenvalue weighted by molar-refractivity contribution is 6.30. The molecule has 0 amide bonds. The fourth-order valence-corrected chi connectivity index (χ4v) is 6.63. The van der Waals surface area contributed by atoms with Crippen LogP contribution in [0.3, 0.4) is 0 Å². The number of nitrogens with one attached hydrogen (secondary N) is 1. The van der Waals surface area contributed by atoms with E-state index >= 15 is 0 Å². The average molecular weight is 442 g/mol. The number of hydrogen-bond acceptors (Lipinski definition) is 4. The summed E-state index contributed by atoms with van der Waals surface area (Å²) in [5.74, 6) is 2.90. The van der Waals surface area contributed by atoms with Crippen LogP contribution in [0.5, 0.6) is 11.5 Å². The largest absolute Gasteiger partial charge is 0.490 e. The molecule has 4 fully saturated rings. The van der Waals surface area contributed by atoms with E-state index in [9.17, 15) is 5.11 Å². The monoisotopic (exact) mass is 441 g/mol. The lowest BCUT2D eigenvalue weighted by atomic mass is 9.51. The fourth-order valence-electron chi connectivity index (χ4n) is 6.50. The van der Waals surface area contributed by atoms with Gasteiger partial charge in [0.15, 0.2) is 11.5 Å². The molecule has 0 aromatic heterocycles. The highest BCUT2D eigenvalue weighted by Gasteiger charge is 2.56. The standard InChI is InChI=1S/C26H32ClNO3/c1-2-30-24-10-19(5-8-23(24)31-16-18-3-6-22(27)7-4-18)15-28-25-11-20-9-21(12-25)14-26(29,13-20)17-25/h3-8,10,20-21,28-29H,2,9,11-17H2,1H3. The molecule has 4 nitrogen and oxygen atoms in total. The van der Waals surface area contributed by atoms with Crippen LogP contribution in [-0.4, -0.2) is 22.9 Å². The zero-order valence-corrected chi connectivity index (χ0v) is 19.0. The Labute approximate surface area is 189 Å². The minimum atomic E-state index is -0.438. The zero-order chi connectivity index (χ0) is 21.5. The van der Waals surface area contributed by atoms with Crippen molar-refractivity contribution in [1.82, 2.24) is 5.32 Å². The van der Waals surface area contributed by atoms with E-state index in [0.29, 0.717) is 25.0 Å². The minimum Gasteiger partial charge on any atom is -0.490 e. The maximum absolute atomic E-state index is 11.0. The molecule has 6 rings (SSSR count). The number of benzene rings is 2. The first kappa shape index (κ1) is 21.1. The molecule has 2 aromatic carbocycles. The van der Waals surface area contributed by atoms with E-state index in [0.717, 1.165) is 47.9 Å². The van der Waals surface area contributed by atoms with Gasteiger partial charge in [0.2, 0.25) is 0 Å². The number of hydrogen-bond donors (Lipinski definition) is 2. The molecule has 31 heavy (non-hydrogen) atoms. The van der Waals surface area contributed by atoms with Gasteiger partial charge in [0.1, 0.15) is 6.61 Å². The van der Waals surface area contributed by atoms with Crippen molar-refractivity contribution in [1.29, 1.82) is 0 Å². The summed E-state index contributed by atoms with van der Waals surface area (Å²) >= 11 is 5.97. The third-order valence-electron chi connectivity index (χ3n) is 7.31. The van der Waals surface area contributed by atoms with Gasteiger partial charge in [-0.2, -0.15) is 0 Å². The Bertz CT molecular complexity index is 915. The van der Waals surface area contributed by atoms with Crippen LogP contribution in [0.4, 0.5) is 0 Å². The van der Waals surface area contributed by atoms with Crippen molar-refractivity contribution in [3.05, 3.63) is 58.6 Å². The summed E-state index contributed by atoms with van der Waals surface area (Å²) in [5.41, 5.74) is 1.91. The first-order chi connectivity index (χ1) is 14.9. The molecule has 4 aliphatic rings. The van der Waals surface area contributed by atoms with Gasteiger partial charge in [0.25, 0.3) is 0 Å². The molecule has 4 bridgehead atoms. The van der Waals surface area contributed by atoms with Gasteiger partial charge in [-0.3, -0.25) is 0 Å². The van der Waals surface area contributed by atoms with Crippen LogP contribution < -0.4 is 14.8 Å². The highest BCUT2D eigenvalue weighted by Crippen LogP contribution is 2.57. The lowest BCUT2D eigenvalue weighted by Gasteiger charge is -2.60. The minimum absolute atomic E-state index is 0.0916. The summed E-state index contributed by atoms with van der Waals surface area (Å²) in [6, 6.07) is 13.9. The molecule has 4 aliphatic carbocycles. The van der Waals surface area contributed by atoms with E-state index in [4.69, 9.17) is 21.1 Å². The topological polar surface area (TPSA) is 50.7 Å². The molecule has 0 aliphatic heterocycles. The van der Waals surface area contributed by atoms with Crippen LogP contribution in [0, 0.1) is 11.8 Å². The van der Waals surface area contributed by atoms with Gasteiger partial charge in [-0.25, -0.2) is 0 Å². The number of halogens is 1. The molecule has 2 unspecified atom stereocenters. The molecule has 4 saturated carbocycles. The predicted molar refractivity (Wildman–Crippen MR) is 123 cm³/mol. The molecule has 166 valence electrons. The smallest absolute Gasteiger partial charge is 0.161 e. The molecule has 5 heteroatoms. The quantitative estimate of drug-likeness (QED) is 0.568. The first-order valence-electron chi connectivity index (χ1n) is 11.5. The van der Waals surface area contributed by atoms with Gasteiger partial charge >= 0.3 is 0 Å². The summed E-state index contributed by atoms with van der Waals surface area (Å²) in [5, 5.41) is 15.6. The third-order valence-corrected chi connectivity index (χ3v) is 7.57. The fraction of sp³-hybridized carbons (Fsp3) is 0.538. The molecule has 2 N–H and O–H groups in total. The number of aliphatic hydroxyl groups is 1. The van der Waals surface area contributed by atoms with Crippen LogP contribution in [-0.2, 0) is 13.2 Å². The van der Waals surface area contributed by atoms with Crippen molar-refractivity contribution in [3.63, 3.8) is 0 Å². The predicted octanol–water partition coefficient (Wildman–Crippen LogP) is 5.49. The molecular weight excluding hydrogens is 410 g/mol. The van der Waals surface area contributed by atoms with Gasteiger partial charge in [0, 0.05) is 17.1 Å². The first-order valence-corrected chi connectivity index (χ1v) is 11.9. The van der Waals surface area contributed by atoms with Gasteiger partial charge in [-0.15, -0.1) is 0 Å². The molecule has 0 saturated heterocycles. The lowest BCUT2D eigenvalue weighted by Crippen LogP contribution is -2.64. The third kappa shape index (κ3) is 4.57. The van der Waals surface area contributed by atoms with Crippen LogP contribution in [0.25, 0.3) is 0 Å². The number of ether oxygens (including phenoxy) is 2. The van der Waals surface area contributed by atoms with E-state index in [1.54, 1.807) is 0 Å². The SMILES string of the molecule is CCOc1cc(CNC23CC4CC(CC(O)(C4)C2)C3)ccc1OCc1ccc(Cl)cc1. The van der Waals surface area contributed by atoms with E-state index in [2.05, 4.69) is 17.4 Å². The van der Waals surface area contributed by atoms with Crippen molar-refractivity contribution in [2.24, 2.45) is 11.8 Å². The molecule has 0 radical (unpaired) electrons. The Morgan fingerprint density at radius 3 is 2.35 bits per heavy atom. The van der Waals surface area contributed by atoms with E-state index in [1.165, 1.54) is 24.8 Å². The van der Waals surface area contributed by atoms with E-state index in [-0.39, 0.29) is 5.54 Å². The second-order valence-electron chi connectivity index (χ2n) is 9.95. The van der Waals surface area contributed by atoms with Crippen molar-refractivity contribution < 1.29 is 14.6 Å². The summed E-state index contributed by atoms with van der Waals surface area (Å²) in [4.78, 5) is 0. The lowest BCUT2D eigenvalue weighted by molar-refractivity contribution is -0.142. The Kier molecular flexibility index (Phi) is 5.66. The molecule has 0 spiro atoms. The summed E-state index contributed by atoms with van der Waals surface area (Å²) in [7, 11) is 0. The van der Waals surface area contributed by atoms with Crippen LogP contribution in [0.15, 0.2) is 42.5 Å². The van der Waals surface area contributed by atoms with Crippen LogP contribution in [0.1, 0.15) is 56.6 Å². The van der Waals surface area contributed by atoms with Crippen molar-refractivity contribution in [3.8, 4) is 11.5 Å². The maximum atomic E-state index is 11.0. The zero-order valence-electron chi connectivity index (χ0n) is 18.2. The van der Waals surface area contributed by atoms with E-state index < -0.39 is 5.60 Å². The Morgan fingerprint density at radius 1 is 0.968 bits per heavy atom. The molecule has 2 aromatic rings. The normalized spacial score (nSPS) is 31.1. The second-order valence-corrected chi connectivity index (χ2v) is 10.4. The Balaban J connectivity index is 1.26. The highest BCUT2D eigenvalue weighted by atomic mass is 35.5. The summed E-state index contributed by atoms with van der Waals surface area (Å²) < 4.78 is 11.9. The van der Waals surface area contributed by atoms with Crippen molar-refractivity contribution >= 4 is 11.6 Å².